The molecule has 27 heavy (non-hydrogen) atoms. The highest BCUT2D eigenvalue weighted by atomic mass is 16.5. The fourth-order valence-corrected chi connectivity index (χ4v) is 2.37. The van der Waals surface area contributed by atoms with Gasteiger partial charge in [0.05, 0.1) is 20.3 Å². The number of carbonyl (C=O) groups is 2. The Morgan fingerprint density at radius 3 is 2.33 bits per heavy atom. The number of ether oxygens (including phenoxy) is 2. The van der Waals surface area contributed by atoms with E-state index < -0.39 is 5.91 Å². The van der Waals surface area contributed by atoms with Gasteiger partial charge in [0.15, 0.2) is 6.61 Å². The van der Waals surface area contributed by atoms with Gasteiger partial charge in [-0.15, -0.1) is 0 Å². The van der Waals surface area contributed by atoms with E-state index in [1.165, 1.54) is 4.90 Å². The Hall–Kier alpha value is -3.06. The van der Waals surface area contributed by atoms with Gasteiger partial charge in [-0.05, 0) is 29.8 Å². The van der Waals surface area contributed by atoms with Gasteiger partial charge in [0, 0.05) is 13.1 Å². The molecule has 0 unspecified atom stereocenters. The molecule has 0 saturated carbocycles. The average Bonchev–Trinajstić information content (AvgIpc) is 2.71. The number of amides is 2. The zero-order valence-corrected chi connectivity index (χ0v) is 15.3. The third kappa shape index (κ3) is 6.99. The van der Waals surface area contributed by atoms with Crippen LogP contribution in [0.1, 0.15) is 5.56 Å². The molecule has 2 aromatic rings. The van der Waals surface area contributed by atoms with Gasteiger partial charge in [-0.3, -0.25) is 9.59 Å². The molecule has 0 heterocycles. The second-order valence-corrected chi connectivity index (χ2v) is 5.77. The van der Waals surface area contributed by atoms with Crippen LogP contribution in [-0.4, -0.2) is 55.2 Å². The van der Waals surface area contributed by atoms with E-state index in [9.17, 15) is 14.7 Å². The molecule has 0 aromatic heterocycles. The highest BCUT2D eigenvalue weighted by Gasteiger charge is 2.14. The van der Waals surface area contributed by atoms with Crippen LogP contribution >= 0.6 is 0 Å². The second kappa shape index (κ2) is 10.8. The number of aliphatic hydroxyl groups excluding tert-OH is 1. The first-order valence-electron chi connectivity index (χ1n) is 8.58. The molecule has 0 spiro atoms. The number of hydrogen-bond donors (Lipinski definition) is 2. The van der Waals surface area contributed by atoms with Gasteiger partial charge in [-0.25, -0.2) is 0 Å². The number of methoxy groups -OCH3 is 1. The molecule has 0 fully saturated rings. The standard InChI is InChI=1S/C20H24N2O5/c1-26-17-7-9-18(10-8-17)27-15-19(24)21-13-20(25)22(11-12-23)14-16-5-3-2-4-6-16/h2-10,23H,11-15H2,1H3,(H,21,24). The minimum absolute atomic E-state index is 0.146. The molecule has 2 N–H and O–H groups in total. The largest absolute Gasteiger partial charge is 0.497 e. The van der Waals surface area contributed by atoms with Crippen LogP contribution in [0, 0.1) is 0 Å². The van der Waals surface area contributed by atoms with Crippen LogP contribution in [0.4, 0.5) is 0 Å². The molecule has 0 aliphatic rings. The van der Waals surface area contributed by atoms with Crippen molar-refractivity contribution in [3.8, 4) is 11.5 Å². The average molecular weight is 372 g/mol. The Bertz CT molecular complexity index is 719. The van der Waals surface area contributed by atoms with Crippen LogP contribution in [-0.2, 0) is 16.1 Å². The first kappa shape index (κ1) is 20.3. The van der Waals surface area contributed by atoms with E-state index in [1.807, 2.05) is 30.3 Å². The molecular weight excluding hydrogens is 348 g/mol. The second-order valence-electron chi connectivity index (χ2n) is 5.77. The summed E-state index contributed by atoms with van der Waals surface area (Å²) in [6.07, 6.45) is 0. The molecule has 2 aromatic carbocycles. The monoisotopic (exact) mass is 372 g/mol. The quantitative estimate of drug-likeness (QED) is 0.655. The number of benzene rings is 2. The zero-order chi connectivity index (χ0) is 19.5. The number of rotatable bonds is 10. The summed E-state index contributed by atoms with van der Waals surface area (Å²) in [7, 11) is 1.57. The van der Waals surface area contributed by atoms with E-state index in [4.69, 9.17) is 9.47 Å². The van der Waals surface area contributed by atoms with Crippen LogP contribution in [0.15, 0.2) is 54.6 Å². The van der Waals surface area contributed by atoms with Gasteiger partial charge in [0.2, 0.25) is 5.91 Å². The maximum atomic E-state index is 12.3. The Labute approximate surface area is 158 Å². The Kier molecular flexibility index (Phi) is 8.12. The molecule has 2 rings (SSSR count). The summed E-state index contributed by atoms with van der Waals surface area (Å²) in [6.45, 7) is 0.0768. The molecule has 0 aliphatic heterocycles. The van der Waals surface area contributed by atoms with Crippen molar-refractivity contribution in [2.24, 2.45) is 0 Å². The SMILES string of the molecule is COc1ccc(OCC(=O)NCC(=O)N(CCO)Cc2ccccc2)cc1. The van der Waals surface area contributed by atoms with Crippen LogP contribution < -0.4 is 14.8 Å². The number of nitrogens with zero attached hydrogens (tertiary/aromatic N) is 1. The summed E-state index contributed by atoms with van der Waals surface area (Å²) in [6, 6.07) is 16.3. The van der Waals surface area contributed by atoms with Crippen LogP contribution in [0.2, 0.25) is 0 Å². The fourth-order valence-electron chi connectivity index (χ4n) is 2.37. The van der Waals surface area contributed by atoms with Crippen molar-refractivity contribution in [1.82, 2.24) is 10.2 Å². The first-order chi connectivity index (χ1) is 13.1. The molecule has 2 amide bonds. The highest BCUT2D eigenvalue weighted by molar-refractivity contribution is 5.85. The van der Waals surface area contributed by atoms with Crippen molar-refractivity contribution < 1.29 is 24.2 Å². The lowest BCUT2D eigenvalue weighted by Crippen LogP contribution is -2.42. The summed E-state index contributed by atoms with van der Waals surface area (Å²) in [5.41, 5.74) is 0.952. The maximum absolute atomic E-state index is 12.3. The van der Waals surface area contributed by atoms with E-state index in [0.29, 0.717) is 18.0 Å². The summed E-state index contributed by atoms with van der Waals surface area (Å²) in [5.74, 6) is 0.552. The van der Waals surface area contributed by atoms with Crippen molar-refractivity contribution in [2.75, 3.05) is 33.4 Å². The predicted octanol–water partition coefficient (Wildman–Crippen LogP) is 1.21. The normalized spacial score (nSPS) is 10.1. The van der Waals surface area contributed by atoms with Crippen molar-refractivity contribution in [3.05, 3.63) is 60.2 Å². The molecule has 7 nitrogen and oxygen atoms in total. The molecule has 0 aliphatic carbocycles. The summed E-state index contributed by atoms with van der Waals surface area (Å²) in [5, 5.41) is 11.7. The minimum Gasteiger partial charge on any atom is -0.497 e. The maximum Gasteiger partial charge on any atom is 0.258 e. The molecule has 144 valence electrons. The lowest BCUT2D eigenvalue weighted by atomic mass is 10.2. The molecule has 0 radical (unpaired) electrons. The first-order valence-corrected chi connectivity index (χ1v) is 8.58. The van der Waals surface area contributed by atoms with E-state index in [1.54, 1.807) is 31.4 Å². The van der Waals surface area contributed by atoms with Crippen molar-refractivity contribution >= 4 is 11.8 Å². The minimum atomic E-state index is -0.400. The van der Waals surface area contributed by atoms with Gasteiger partial charge in [-0.2, -0.15) is 0 Å². The number of hydrogen-bond acceptors (Lipinski definition) is 5. The fraction of sp³-hybridized carbons (Fsp3) is 0.300. The van der Waals surface area contributed by atoms with E-state index in [2.05, 4.69) is 5.32 Å². The van der Waals surface area contributed by atoms with Gasteiger partial charge in [0.1, 0.15) is 11.5 Å². The molecule has 7 heteroatoms. The van der Waals surface area contributed by atoms with Crippen LogP contribution in [0.5, 0.6) is 11.5 Å². The summed E-state index contributed by atoms with van der Waals surface area (Å²) in [4.78, 5) is 25.7. The predicted molar refractivity (Wildman–Crippen MR) is 100 cm³/mol. The van der Waals surface area contributed by atoms with Gasteiger partial charge >= 0.3 is 0 Å². The van der Waals surface area contributed by atoms with E-state index in [-0.39, 0.29) is 32.2 Å². The van der Waals surface area contributed by atoms with Crippen LogP contribution in [0.3, 0.4) is 0 Å². The van der Waals surface area contributed by atoms with Crippen molar-refractivity contribution in [2.45, 2.75) is 6.54 Å². The van der Waals surface area contributed by atoms with Gasteiger partial charge < -0.3 is 24.8 Å². The highest BCUT2D eigenvalue weighted by Crippen LogP contribution is 2.16. The number of aliphatic hydroxyl groups is 1. The number of nitrogens with one attached hydrogen (secondary N) is 1. The summed E-state index contributed by atoms with van der Waals surface area (Å²) >= 11 is 0. The molecule has 0 saturated heterocycles. The Balaban J connectivity index is 1.78. The lowest BCUT2D eigenvalue weighted by Gasteiger charge is -2.22. The van der Waals surface area contributed by atoms with Crippen LogP contribution in [0.25, 0.3) is 0 Å². The lowest BCUT2D eigenvalue weighted by molar-refractivity contribution is -0.134. The van der Waals surface area contributed by atoms with E-state index >= 15 is 0 Å². The smallest absolute Gasteiger partial charge is 0.258 e. The van der Waals surface area contributed by atoms with E-state index in [0.717, 1.165) is 5.56 Å². The Morgan fingerprint density at radius 2 is 1.70 bits per heavy atom. The number of carbonyl (C=O) groups excluding carboxylic acids is 2. The third-order valence-corrected chi connectivity index (χ3v) is 3.81. The van der Waals surface area contributed by atoms with Gasteiger partial charge in [-0.1, -0.05) is 30.3 Å². The molecule has 0 atom stereocenters. The van der Waals surface area contributed by atoms with Crippen molar-refractivity contribution in [3.63, 3.8) is 0 Å². The molecule has 0 bridgehead atoms. The summed E-state index contributed by atoms with van der Waals surface area (Å²) < 4.78 is 10.4. The molecular formula is C20H24N2O5. The third-order valence-electron chi connectivity index (χ3n) is 3.81. The van der Waals surface area contributed by atoms with Crippen molar-refractivity contribution in [1.29, 1.82) is 0 Å². The topological polar surface area (TPSA) is 88.1 Å². The Morgan fingerprint density at radius 1 is 1.04 bits per heavy atom. The zero-order valence-electron chi connectivity index (χ0n) is 15.3. The van der Waals surface area contributed by atoms with Gasteiger partial charge in [0.25, 0.3) is 5.91 Å².